The lowest BCUT2D eigenvalue weighted by molar-refractivity contribution is 0.131. The van der Waals surface area contributed by atoms with Crippen LogP contribution in [0.15, 0.2) is 47.5 Å². The average Bonchev–Trinajstić information content (AvgIpc) is 2.83. The predicted octanol–water partition coefficient (Wildman–Crippen LogP) is 3.42. The van der Waals surface area contributed by atoms with E-state index in [0.717, 1.165) is 45.0 Å². The van der Waals surface area contributed by atoms with Crippen molar-refractivity contribution in [2.45, 2.75) is 26.9 Å². The van der Waals surface area contributed by atoms with Crippen molar-refractivity contribution >= 4 is 11.6 Å². The van der Waals surface area contributed by atoms with Crippen LogP contribution in [0.5, 0.6) is 11.5 Å². The first-order chi connectivity index (χ1) is 15.7. The molecular formula is C25H37N5O2. The second-order valence-corrected chi connectivity index (χ2v) is 7.83. The molecule has 0 aromatic heterocycles. The summed E-state index contributed by atoms with van der Waals surface area (Å²) in [5.74, 6) is 2.14. The summed E-state index contributed by atoms with van der Waals surface area (Å²) >= 11 is 0. The molecule has 0 bridgehead atoms. The van der Waals surface area contributed by atoms with Crippen molar-refractivity contribution in [2.75, 3.05) is 58.8 Å². The second-order valence-electron chi connectivity index (χ2n) is 7.83. The lowest BCUT2D eigenvalue weighted by Crippen LogP contribution is -2.45. The minimum atomic E-state index is 0.580. The van der Waals surface area contributed by atoms with Gasteiger partial charge < -0.3 is 25.0 Å². The van der Waals surface area contributed by atoms with E-state index in [2.05, 4.69) is 56.6 Å². The summed E-state index contributed by atoms with van der Waals surface area (Å²) in [5.41, 5.74) is 3.55. The van der Waals surface area contributed by atoms with E-state index < -0.39 is 0 Å². The predicted molar refractivity (Wildman–Crippen MR) is 132 cm³/mol. The van der Waals surface area contributed by atoms with Crippen molar-refractivity contribution in [3.8, 4) is 11.5 Å². The number of ether oxygens (including phenoxy) is 2. The Balaban J connectivity index is 1.60. The molecule has 174 valence electrons. The number of methoxy groups -OCH3 is 1. The van der Waals surface area contributed by atoms with Crippen molar-refractivity contribution in [3.63, 3.8) is 0 Å². The molecule has 3 rings (SSSR count). The van der Waals surface area contributed by atoms with Crippen LogP contribution in [0.2, 0.25) is 0 Å². The third-order valence-corrected chi connectivity index (χ3v) is 5.82. The molecule has 0 aliphatic carbocycles. The minimum Gasteiger partial charge on any atom is -0.493 e. The molecule has 1 fully saturated rings. The van der Waals surface area contributed by atoms with Gasteiger partial charge in [-0.3, -0.25) is 9.89 Å². The van der Waals surface area contributed by atoms with E-state index in [1.165, 1.54) is 11.1 Å². The number of guanidine groups is 1. The zero-order valence-corrected chi connectivity index (χ0v) is 19.9. The number of rotatable bonds is 9. The maximum absolute atomic E-state index is 5.68. The van der Waals surface area contributed by atoms with Gasteiger partial charge in [0.25, 0.3) is 0 Å². The van der Waals surface area contributed by atoms with Crippen LogP contribution < -0.4 is 20.1 Å². The molecule has 0 atom stereocenters. The van der Waals surface area contributed by atoms with Gasteiger partial charge in [-0.1, -0.05) is 31.2 Å². The van der Waals surface area contributed by atoms with E-state index >= 15 is 0 Å². The maximum Gasteiger partial charge on any atom is 0.195 e. The van der Waals surface area contributed by atoms with Crippen molar-refractivity contribution in [1.82, 2.24) is 15.1 Å². The molecule has 2 aromatic carbocycles. The van der Waals surface area contributed by atoms with E-state index in [4.69, 9.17) is 9.47 Å². The Kier molecular flexibility index (Phi) is 9.19. The normalized spacial score (nSPS) is 15.4. The summed E-state index contributed by atoms with van der Waals surface area (Å²) in [7, 11) is 3.42. The Labute approximate surface area is 192 Å². The first-order valence-electron chi connectivity index (χ1n) is 11.5. The number of anilines is 1. The molecular weight excluding hydrogens is 402 g/mol. The smallest absolute Gasteiger partial charge is 0.195 e. The molecule has 1 saturated heterocycles. The molecule has 2 aromatic rings. The minimum absolute atomic E-state index is 0.580. The van der Waals surface area contributed by atoms with Gasteiger partial charge >= 0.3 is 0 Å². The summed E-state index contributed by atoms with van der Waals surface area (Å²) in [4.78, 5) is 9.44. The summed E-state index contributed by atoms with van der Waals surface area (Å²) < 4.78 is 11.1. The number of nitrogens with one attached hydrogen (secondary N) is 2. The van der Waals surface area contributed by atoms with Gasteiger partial charge in [-0.15, -0.1) is 0 Å². The lowest BCUT2D eigenvalue weighted by Gasteiger charge is -2.34. The van der Waals surface area contributed by atoms with E-state index in [0.29, 0.717) is 30.6 Å². The average molecular weight is 440 g/mol. The Morgan fingerprint density at radius 1 is 0.969 bits per heavy atom. The van der Waals surface area contributed by atoms with Crippen molar-refractivity contribution < 1.29 is 9.47 Å². The molecule has 0 unspecified atom stereocenters. The molecule has 0 amide bonds. The molecule has 0 radical (unpaired) electrons. The fourth-order valence-corrected chi connectivity index (χ4v) is 3.91. The van der Waals surface area contributed by atoms with Crippen LogP contribution in [0.1, 0.15) is 25.0 Å². The van der Waals surface area contributed by atoms with Gasteiger partial charge in [0.05, 0.1) is 13.7 Å². The van der Waals surface area contributed by atoms with Crippen LogP contribution in [0.3, 0.4) is 0 Å². The van der Waals surface area contributed by atoms with Crippen LogP contribution >= 0.6 is 0 Å². The van der Waals surface area contributed by atoms with Crippen LogP contribution in [0, 0.1) is 0 Å². The topological polar surface area (TPSA) is 61.4 Å². The molecule has 0 saturated carbocycles. The van der Waals surface area contributed by atoms with Crippen LogP contribution in [-0.4, -0.2) is 69.2 Å². The Morgan fingerprint density at radius 2 is 1.69 bits per heavy atom. The van der Waals surface area contributed by atoms with E-state index in [-0.39, 0.29) is 0 Å². The number of nitrogens with zero attached hydrogens (tertiary/aromatic N) is 3. The molecule has 2 N–H and O–H groups in total. The Bertz CT molecular complexity index is 878. The van der Waals surface area contributed by atoms with Crippen molar-refractivity contribution in [2.24, 2.45) is 4.99 Å². The molecule has 32 heavy (non-hydrogen) atoms. The van der Waals surface area contributed by atoms with Crippen LogP contribution in [0.4, 0.5) is 5.69 Å². The summed E-state index contributed by atoms with van der Waals surface area (Å²) in [6.45, 7) is 12.2. The number of aliphatic imine (C=N–C) groups is 1. The highest BCUT2D eigenvalue weighted by atomic mass is 16.5. The first kappa shape index (κ1) is 23.9. The third-order valence-electron chi connectivity index (χ3n) is 5.82. The number of hydrogen-bond donors (Lipinski definition) is 2. The SMILES string of the molecule is CCOc1cc(NC(=NC)NCc2ccccc2CN2CCN(CC)CC2)ccc1OC. The summed E-state index contributed by atoms with van der Waals surface area (Å²) in [6.07, 6.45) is 0. The standard InChI is InChI=1S/C25H37N5O2/c1-5-29-13-15-30(16-14-29)19-21-10-8-7-9-20(21)18-27-25(26-3)28-22-11-12-23(31-4)24(17-22)32-6-2/h7-12,17H,5-6,13-16,18-19H2,1-4H3,(H2,26,27,28). The lowest BCUT2D eigenvalue weighted by atomic mass is 10.1. The van der Waals surface area contributed by atoms with Gasteiger partial charge in [-0.05, 0) is 36.7 Å². The highest BCUT2D eigenvalue weighted by Crippen LogP contribution is 2.30. The maximum atomic E-state index is 5.68. The van der Waals surface area contributed by atoms with Gasteiger partial charge in [0, 0.05) is 58.1 Å². The second kappa shape index (κ2) is 12.3. The summed E-state index contributed by atoms with van der Waals surface area (Å²) in [6, 6.07) is 14.4. The highest BCUT2D eigenvalue weighted by Gasteiger charge is 2.16. The first-order valence-corrected chi connectivity index (χ1v) is 11.5. The highest BCUT2D eigenvalue weighted by molar-refractivity contribution is 5.93. The molecule has 7 heteroatoms. The van der Waals surface area contributed by atoms with Gasteiger partial charge in [0.1, 0.15) is 0 Å². The third kappa shape index (κ3) is 6.61. The van der Waals surface area contributed by atoms with Gasteiger partial charge in [0.2, 0.25) is 0 Å². The molecule has 1 heterocycles. The number of hydrogen-bond acceptors (Lipinski definition) is 5. The van der Waals surface area contributed by atoms with Crippen LogP contribution in [-0.2, 0) is 13.1 Å². The van der Waals surface area contributed by atoms with Crippen molar-refractivity contribution in [1.29, 1.82) is 0 Å². The number of likely N-dealkylation sites (N-methyl/N-ethyl adjacent to an activating group) is 1. The van der Waals surface area contributed by atoms with E-state index in [1.54, 1.807) is 14.2 Å². The fourth-order valence-electron chi connectivity index (χ4n) is 3.91. The van der Waals surface area contributed by atoms with Gasteiger partial charge in [-0.25, -0.2) is 0 Å². The Morgan fingerprint density at radius 3 is 2.34 bits per heavy atom. The monoisotopic (exact) mass is 439 g/mol. The fraction of sp³-hybridized carbons (Fsp3) is 0.480. The van der Waals surface area contributed by atoms with E-state index in [9.17, 15) is 0 Å². The number of piperazine rings is 1. The Hall–Kier alpha value is -2.77. The molecule has 1 aliphatic rings. The molecule has 1 aliphatic heterocycles. The quantitative estimate of drug-likeness (QED) is 0.461. The molecule has 7 nitrogen and oxygen atoms in total. The summed E-state index contributed by atoms with van der Waals surface area (Å²) in [5, 5.41) is 6.80. The van der Waals surface area contributed by atoms with Crippen LogP contribution in [0.25, 0.3) is 0 Å². The van der Waals surface area contributed by atoms with Crippen molar-refractivity contribution in [3.05, 3.63) is 53.6 Å². The van der Waals surface area contributed by atoms with Gasteiger partial charge in [0.15, 0.2) is 17.5 Å². The zero-order chi connectivity index (χ0) is 22.8. The zero-order valence-electron chi connectivity index (χ0n) is 19.9. The van der Waals surface area contributed by atoms with E-state index in [1.807, 2.05) is 25.1 Å². The largest absolute Gasteiger partial charge is 0.493 e. The number of benzene rings is 2. The molecule has 0 spiro atoms. The van der Waals surface area contributed by atoms with Gasteiger partial charge in [-0.2, -0.15) is 0 Å².